The van der Waals surface area contributed by atoms with Gasteiger partial charge in [-0.05, 0) is 48.5 Å². The van der Waals surface area contributed by atoms with Crippen molar-refractivity contribution in [3.8, 4) is 0 Å². The van der Waals surface area contributed by atoms with Gasteiger partial charge in [0.15, 0.2) is 0 Å². The van der Waals surface area contributed by atoms with Crippen molar-refractivity contribution in [2.75, 3.05) is 13.1 Å². The highest BCUT2D eigenvalue weighted by Crippen LogP contribution is 2.69. The molecule has 4 rings (SSSR count). The molecule has 0 aliphatic heterocycles. The molecule has 2 bridgehead atoms. The molecular weight excluding hydrogens is 260 g/mol. The van der Waals surface area contributed by atoms with Gasteiger partial charge in [-0.2, -0.15) is 0 Å². The molecule has 1 aromatic carbocycles. The van der Waals surface area contributed by atoms with E-state index in [2.05, 4.69) is 12.1 Å². The summed E-state index contributed by atoms with van der Waals surface area (Å²) >= 11 is 0. The maximum atomic E-state index is 12.9. The number of carbonyl (C=O) groups is 1. The molecule has 4 unspecified atom stereocenters. The van der Waals surface area contributed by atoms with E-state index in [4.69, 9.17) is 5.73 Å². The van der Waals surface area contributed by atoms with Crippen molar-refractivity contribution in [2.45, 2.75) is 25.8 Å². The van der Waals surface area contributed by atoms with Gasteiger partial charge in [-0.3, -0.25) is 4.79 Å². The zero-order valence-corrected chi connectivity index (χ0v) is 12.4. The number of amides is 1. The molecular formula is C18H24N2O. The van der Waals surface area contributed by atoms with Crippen LogP contribution in [0.2, 0.25) is 0 Å². The highest BCUT2D eigenvalue weighted by Gasteiger charge is 2.67. The Hall–Kier alpha value is -1.35. The Morgan fingerprint density at radius 2 is 1.81 bits per heavy atom. The molecule has 3 saturated carbocycles. The fourth-order valence-electron chi connectivity index (χ4n) is 5.09. The highest BCUT2D eigenvalue weighted by atomic mass is 16.2. The van der Waals surface area contributed by atoms with Gasteiger partial charge in [0.05, 0.1) is 0 Å². The van der Waals surface area contributed by atoms with E-state index in [0.29, 0.717) is 43.3 Å². The fraction of sp³-hybridized carbons (Fsp3) is 0.611. The quantitative estimate of drug-likeness (QED) is 0.901. The maximum Gasteiger partial charge on any atom is 0.226 e. The van der Waals surface area contributed by atoms with Crippen LogP contribution in [0.4, 0.5) is 0 Å². The van der Waals surface area contributed by atoms with Crippen LogP contribution in [0.5, 0.6) is 0 Å². The summed E-state index contributed by atoms with van der Waals surface area (Å²) in [5.74, 6) is 3.83. The van der Waals surface area contributed by atoms with Crippen LogP contribution in [0.25, 0.3) is 0 Å². The Morgan fingerprint density at radius 1 is 1.14 bits per heavy atom. The van der Waals surface area contributed by atoms with Crippen molar-refractivity contribution in [2.24, 2.45) is 35.3 Å². The van der Waals surface area contributed by atoms with Crippen molar-refractivity contribution in [3.05, 3.63) is 35.9 Å². The zero-order valence-electron chi connectivity index (χ0n) is 12.4. The Labute approximate surface area is 126 Å². The molecule has 2 N–H and O–H groups in total. The lowest BCUT2D eigenvalue weighted by atomic mass is 10.0. The Kier molecular flexibility index (Phi) is 3.26. The molecule has 3 aliphatic carbocycles. The van der Waals surface area contributed by atoms with E-state index < -0.39 is 0 Å². The molecule has 21 heavy (non-hydrogen) atoms. The lowest BCUT2D eigenvalue weighted by Gasteiger charge is -2.23. The number of hydrogen-bond acceptors (Lipinski definition) is 2. The number of hydrogen-bond donors (Lipinski definition) is 1. The van der Waals surface area contributed by atoms with E-state index in [1.54, 1.807) is 0 Å². The topological polar surface area (TPSA) is 46.3 Å². The van der Waals surface area contributed by atoms with Crippen molar-refractivity contribution in [3.63, 3.8) is 0 Å². The number of fused-ring (bicyclic) bond motifs is 5. The molecule has 3 fully saturated rings. The summed E-state index contributed by atoms with van der Waals surface area (Å²) in [5.41, 5.74) is 6.93. The van der Waals surface area contributed by atoms with Gasteiger partial charge in [-0.1, -0.05) is 30.3 Å². The van der Waals surface area contributed by atoms with Crippen LogP contribution >= 0.6 is 0 Å². The number of carbonyl (C=O) groups excluding carboxylic acids is 1. The van der Waals surface area contributed by atoms with Gasteiger partial charge in [-0.25, -0.2) is 0 Å². The molecule has 112 valence electrons. The minimum absolute atomic E-state index is 0.325. The van der Waals surface area contributed by atoms with Crippen LogP contribution in [0.3, 0.4) is 0 Å². The Morgan fingerprint density at radius 3 is 2.43 bits per heavy atom. The first-order valence-corrected chi connectivity index (χ1v) is 8.32. The molecule has 1 amide bonds. The average molecular weight is 284 g/mol. The van der Waals surface area contributed by atoms with E-state index >= 15 is 0 Å². The minimum Gasteiger partial charge on any atom is -0.337 e. The second kappa shape index (κ2) is 5.13. The van der Waals surface area contributed by atoms with E-state index in [1.807, 2.05) is 23.1 Å². The molecule has 0 radical (unpaired) electrons. The van der Waals surface area contributed by atoms with Crippen molar-refractivity contribution in [1.82, 2.24) is 4.90 Å². The number of rotatable bonds is 5. The highest BCUT2D eigenvalue weighted by molar-refractivity contribution is 5.83. The van der Waals surface area contributed by atoms with Crippen LogP contribution in [0.15, 0.2) is 30.3 Å². The van der Waals surface area contributed by atoms with Crippen LogP contribution in [0.1, 0.15) is 24.8 Å². The molecule has 0 spiro atoms. The number of nitrogens with two attached hydrogens (primary N) is 1. The molecule has 3 aliphatic rings. The number of benzene rings is 1. The minimum atomic E-state index is 0.325. The SMILES string of the molecule is NCCN(Cc1ccccc1)C(=O)C1C2C3CCC(C3)C12. The van der Waals surface area contributed by atoms with Gasteiger partial charge in [0.1, 0.15) is 0 Å². The van der Waals surface area contributed by atoms with E-state index in [9.17, 15) is 4.79 Å². The van der Waals surface area contributed by atoms with Gasteiger partial charge in [0.25, 0.3) is 0 Å². The van der Waals surface area contributed by atoms with Crippen LogP contribution in [0, 0.1) is 29.6 Å². The predicted octanol–water partition coefficient (Wildman–Crippen LogP) is 2.27. The van der Waals surface area contributed by atoms with Crippen LogP contribution in [-0.2, 0) is 11.3 Å². The van der Waals surface area contributed by atoms with E-state index in [-0.39, 0.29) is 0 Å². The smallest absolute Gasteiger partial charge is 0.226 e. The van der Waals surface area contributed by atoms with Gasteiger partial charge >= 0.3 is 0 Å². The van der Waals surface area contributed by atoms with Crippen molar-refractivity contribution in [1.29, 1.82) is 0 Å². The largest absolute Gasteiger partial charge is 0.337 e. The third kappa shape index (κ3) is 2.18. The van der Waals surface area contributed by atoms with Gasteiger partial charge in [-0.15, -0.1) is 0 Å². The van der Waals surface area contributed by atoms with Crippen LogP contribution < -0.4 is 5.73 Å². The zero-order chi connectivity index (χ0) is 14.4. The van der Waals surface area contributed by atoms with E-state index in [1.165, 1.54) is 24.8 Å². The maximum absolute atomic E-state index is 12.9. The molecule has 0 aromatic heterocycles. The summed E-state index contributed by atoms with van der Waals surface area (Å²) < 4.78 is 0. The van der Waals surface area contributed by atoms with Gasteiger partial charge in [0, 0.05) is 25.6 Å². The lowest BCUT2D eigenvalue weighted by molar-refractivity contribution is -0.134. The van der Waals surface area contributed by atoms with Gasteiger partial charge < -0.3 is 10.6 Å². The third-order valence-corrected chi connectivity index (χ3v) is 5.95. The Balaban J connectivity index is 1.46. The molecule has 1 aromatic rings. The summed E-state index contributed by atoms with van der Waals surface area (Å²) in [7, 11) is 0. The van der Waals surface area contributed by atoms with E-state index in [0.717, 1.165) is 11.8 Å². The summed E-state index contributed by atoms with van der Waals surface area (Å²) in [5, 5.41) is 0. The summed E-state index contributed by atoms with van der Waals surface area (Å²) in [4.78, 5) is 14.9. The monoisotopic (exact) mass is 284 g/mol. The van der Waals surface area contributed by atoms with Gasteiger partial charge in [0.2, 0.25) is 5.91 Å². The Bertz CT molecular complexity index is 513. The third-order valence-electron chi connectivity index (χ3n) is 5.95. The second-order valence-electron chi connectivity index (χ2n) is 7.05. The standard InChI is InChI=1S/C18H24N2O/c19-8-9-20(11-12-4-2-1-3-5-12)18(21)17-15-13-6-7-14(10-13)16(15)17/h1-5,13-17H,6-11,19H2. The first-order chi connectivity index (χ1) is 10.3. The average Bonchev–Trinajstić information content (AvgIpc) is 2.94. The van der Waals surface area contributed by atoms with Crippen LogP contribution in [-0.4, -0.2) is 23.9 Å². The summed E-state index contributed by atoms with van der Waals surface area (Å²) in [6, 6.07) is 10.3. The van der Waals surface area contributed by atoms with Crippen molar-refractivity contribution < 1.29 is 4.79 Å². The molecule has 0 heterocycles. The molecule has 3 nitrogen and oxygen atoms in total. The molecule has 3 heteroatoms. The van der Waals surface area contributed by atoms with Crippen molar-refractivity contribution >= 4 is 5.91 Å². The predicted molar refractivity (Wildman–Crippen MR) is 82.2 cm³/mol. The summed E-state index contributed by atoms with van der Waals surface area (Å²) in [6.45, 7) is 1.94. The second-order valence-corrected chi connectivity index (χ2v) is 7.05. The fourth-order valence-corrected chi connectivity index (χ4v) is 5.09. The number of nitrogens with zero attached hydrogens (tertiary/aromatic N) is 1. The summed E-state index contributed by atoms with van der Waals surface area (Å²) in [6.07, 6.45) is 4.13. The molecule has 0 saturated heterocycles. The lowest BCUT2D eigenvalue weighted by Crippen LogP contribution is -2.37. The molecule has 4 atom stereocenters. The first-order valence-electron chi connectivity index (χ1n) is 8.32. The first kappa shape index (κ1) is 13.3. The normalized spacial score (nSPS) is 35.6.